The molecular formula is C10H14N4O. The number of hydrogen-bond acceptors (Lipinski definition) is 3. The summed E-state index contributed by atoms with van der Waals surface area (Å²) in [5.74, 6) is 0. The second-order valence-corrected chi connectivity index (χ2v) is 3.31. The summed E-state index contributed by atoms with van der Waals surface area (Å²) in [6.45, 7) is 5.98. The highest BCUT2D eigenvalue weighted by Gasteiger charge is 2.09. The molecule has 0 atom stereocenters. The van der Waals surface area contributed by atoms with Gasteiger partial charge in [-0.25, -0.2) is 9.78 Å². The van der Waals surface area contributed by atoms with Gasteiger partial charge < -0.3 is 9.88 Å². The lowest BCUT2D eigenvalue weighted by atomic mass is 10.3. The Morgan fingerprint density at radius 2 is 2.07 bits per heavy atom. The molecule has 2 aromatic heterocycles. The van der Waals surface area contributed by atoms with Crippen LogP contribution in [-0.4, -0.2) is 28.0 Å². The summed E-state index contributed by atoms with van der Waals surface area (Å²) < 4.78 is 0. The molecule has 2 rings (SSSR count). The van der Waals surface area contributed by atoms with E-state index in [0.29, 0.717) is 5.65 Å². The van der Waals surface area contributed by atoms with Crippen molar-refractivity contribution < 1.29 is 0 Å². The Bertz CT molecular complexity index is 509. The van der Waals surface area contributed by atoms with Crippen LogP contribution < -0.4 is 10.6 Å². The van der Waals surface area contributed by atoms with E-state index in [1.807, 2.05) is 6.07 Å². The molecule has 2 N–H and O–H groups in total. The molecule has 0 saturated heterocycles. The number of nitrogens with zero attached hydrogens (tertiary/aromatic N) is 2. The molecule has 0 aliphatic carbocycles. The van der Waals surface area contributed by atoms with Crippen molar-refractivity contribution in [1.29, 1.82) is 0 Å². The average Bonchev–Trinajstić information content (AvgIpc) is 2.61. The van der Waals surface area contributed by atoms with Gasteiger partial charge in [0.2, 0.25) is 0 Å². The van der Waals surface area contributed by atoms with Crippen LogP contribution >= 0.6 is 0 Å². The Morgan fingerprint density at radius 1 is 1.33 bits per heavy atom. The van der Waals surface area contributed by atoms with Gasteiger partial charge in [0.15, 0.2) is 5.65 Å². The molecule has 0 fully saturated rings. The molecule has 0 aliphatic heterocycles. The monoisotopic (exact) mass is 206 g/mol. The number of H-pyrrole nitrogens is 2. The minimum atomic E-state index is -0.211. The molecule has 80 valence electrons. The summed E-state index contributed by atoms with van der Waals surface area (Å²) >= 11 is 0. The lowest BCUT2D eigenvalue weighted by Gasteiger charge is -2.20. The first-order chi connectivity index (χ1) is 7.26. The fourth-order valence-corrected chi connectivity index (χ4v) is 1.75. The van der Waals surface area contributed by atoms with Crippen molar-refractivity contribution >= 4 is 16.9 Å². The van der Waals surface area contributed by atoms with Gasteiger partial charge in [0.05, 0.1) is 5.69 Å². The van der Waals surface area contributed by atoms with Crippen molar-refractivity contribution in [1.82, 2.24) is 15.0 Å². The predicted octanol–water partition coefficient (Wildman–Crippen LogP) is 1.10. The van der Waals surface area contributed by atoms with Crippen molar-refractivity contribution in [2.75, 3.05) is 18.0 Å². The molecule has 0 bridgehead atoms. The summed E-state index contributed by atoms with van der Waals surface area (Å²) in [6, 6.07) is 1.92. The van der Waals surface area contributed by atoms with E-state index in [9.17, 15) is 4.79 Å². The minimum absolute atomic E-state index is 0.211. The molecule has 15 heavy (non-hydrogen) atoms. The highest BCUT2D eigenvalue weighted by Crippen LogP contribution is 2.20. The van der Waals surface area contributed by atoms with Crippen molar-refractivity contribution in [3.8, 4) is 0 Å². The van der Waals surface area contributed by atoms with Crippen LogP contribution in [0.25, 0.3) is 11.2 Å². The molecule has 2 aromatic rings. The highest BCUT2D eigenvalue weighted by molar-refractivity contribution is 5.85. The minimum Gasteiger partial charge on any atom is -0.370 e. The van der Waals surface area contributed by atoms with E-state index in [4.69, 9.17) is 0 Å². The SMILES string of the molecule is CCN(CC)c1ccnc2[nH]c(=O)[nH]c12. The van der Waals surface area contributed by atoms with Gasteiger partial charge in [-0.3, -0.25) is 4.98 Å². The van der Waals surface area contributed by atoms with E-state index in [0.717, 1.165) is 24.3 Å². The van der Waals surface area contributed by atoms with Gasteiger partial charge >= 0.3 is 5.69 Å². The maximum absolute atomic E-state index is 11.2. The first kappa shape index (κ1) is 9.76. The normalized spacial score (nSPS) is 10.8. The number of imidazole rings is 1. The van der Waals surface area contributed by atoms with Crippen LogP contribution in [-0.2, 0) is 0 Å². The quantitative estimate of drug-likeness (QED) is 0.790. The van der Waals surface area contributed by atoms with Crippen LogP contribution in [0.1, 0.15) is 13.8 Å². The van der Waals surface area contributed by atoms with Crippen LogP contribution in [0.3, 0.4) is 0 Å². The van der Waals surface area contributed by atoms with Crippen molar-refractivity contribution in [3.05, 3.63) is 22.7 Å². The van der Waals surface area contributed by atoms with Crippen LogP contribution in [0.4, 0.5) is 5.69 Å². The topological polar surface area (TPSA) is 64.8 Å². The fourth-order valence-electron chi connectivity index (χ4n) is 1.75. The molecule has 0 aromatic carbocycles. The van der Waals surface area contributed by atoms with Gasteiger partial charge in [0, 0.05) is 19.3 Å². The van der Waals surface area contributed by atoms with Gasteiger partial charge in [0.1, 0.15) is 5.52 Å². The first-order valence-corrected chi connectivity index (χ1v) is 5.08. The maximum Gasteiger partial charge on any atom is 0.325 e. The van der Waals surface area contributed by atoms with Crippen molar-refractivity contribution in [3.63, 3.8) is 0 Å². The van der Waals surface area contributed by atoms with Crippen LogP contribution in [0, 0.1) is 0 Å². The zero-order chi connectivity index (χ0) is 10.8. The Labute approximate surface area is 87.1 Å². The number of aromatic nitrogens is 3. The molecule has 0 radical (unpaired) electrons. The lowest BCUT2D eigenvalue weighted by Crippen LogP contribution is -2.22. The van der Waals surface area contributed by atoms with Crippen LogP contribution in [0.5, 0.6) is 0 Å². The number of rotatable bonds is 3. The van der Waals surface area contributed by atoms with Crippen LogP contribution in [0.15, 0.2) is 17.1 Å². The predicted molar refractivity (Wildman–Crippen MR) is 60.3 cm³/mol. The number of nitrogens with one attached hydrogen (secondary N) is 2. The van der Waals surface area contributed by atoms with Gasteiger partial charge in [-0.2, -0.15) is 0 Å². The van der Waals surface area contributed by atoms with E-state index in [-0.39, 0.29) is 5.69 Å². The second kappa shape index (κ2) is 3.76. The first-order valence-electron chi connectivity index (χ1n) is 5.08. The summed E-state index contributed by atoms with van der Waals surface area (Å²) in [4.78, 5) is 22.9. The van der Waals surface area contributed by atoms with Gasteiger partial charge in [-0.15, -0.1) is 0 Å². The molecule has 0 spiro atoms. The van der Waals surface area contributed by atoms with Crippen LogP contribution in [0.2, 0.25) is 0 Å². The van der Waals surface area contributed by atoms with E-state index in [2.05, 4.69) is 33.7 Å². The van der Waals surface area contributed by atoms with E-state index in [1.165, 1.54) is 0 Å². The smallest absolute Gasteiger partial charge is 0.325 e. The molecule has 5 heteroatoms. The van der Waals surface area contributed by atoms with Crippen molar-refractivity contribution in [2.45, 2.75) is 13.8 Å². The molecule has 5 nitrogen and oxygen atoms in total. The van der Waals surface area contributed by atoms with E-state index < -0.39 is 0 Å². The van der Waals surface area contributed by atoms with E-state index in [1.54, 1.807) is 6.20 Å². The summed E-state index contributed by atoms with van der Waals surface area (Å²) in [5.41, 5.74) is 2.20. The zero-order valence-corrected chi connectivity index (χ0v) is 8.87. The average molecular weight is 206 g/mol. The van der Waals surface area contributed by atoms with E-state index >= 15 is 0 Å². The highest BCUT2D eigenvalue weighted by atomic mass is 16.1. The fraction of sp³-hybridized carbons (Fsp3) is 0.400. The zero-order valence-electron chi connectivity index (χ0n) is 8.87. The third kappa shape index (κ3) is 1.60. The molecule has 0 saturated carbocycles. The number of anilines is 1. The second-order valence-electron chi connectivity index (χ2n) is 3.31. The van der Waals surface area contributed by atoms with Gasteiger partial charge in [0.25, 0.3) is 0 Å². The van der Waals surface area contributed by atoms with Crippen molar-refractivity contribution in [2.24, 2.45) is 0 Å². The Balaban J connectivity index is 2.64. The summed E-state index contributed by atoms with van der Waals surface area (Å²) in [7, 11) is 0. The number of fused-ring (bicyclic) bond motifs is 1. The standard InChI is InChI=1S/C10H14N4O/c1-3-14(4-2)7-5-6-11-9-8(7)12-10(15)13-9/h5-6H,3-4H2,1-2H3,(H2,11,12,13,15). The molecule has 0 unspecified atom stereocenters. The largest absolute Gasteiger partial charge is 0.370 e. The summed E-state index contributed by atoms with van der Waals surface area (Å²) in [5, 5.41) is 0. The number of hydrogen-bond donors (Lipinski definition) is 2. The molecule has 0 amide bonds. The maximum atomic E-state index is 11.2. The number of aromatic amines is 2. The Morgan fingerprint density at radius 3 is 2.73 bits per heavy atom. The number of pyridine rings is 1. The Hall–Kier alpha value is -1.78. The van der Waals surface area contributed by atoms with Gasteiger partial charge in [-0.05, 0) is 19.9 Å². The third-order valence-electron chi connectivity index (χ3n) is 2.50. The van der Waals surface area contributed by atoms with Gasteiger partial charge in [-0.1, -0.05) is 0 Å². The molecule has 2 heterocycles. The summed E-state index contributed by atoms with van der Waals surface area (Å²) in [6.07, 6.45) is 1.71. The Kier molecular flexibility index (Phi) is 2.45. The molecule has 0 aliphatic rings. The third-order valence-corrected chi connectivity index (χ3v) is 2.50. The molecular weight excluding hydrogens is 192 g/mol. The lowest BCUT2D eigenvalue weighted by molar-refractivity contribution is 0.868.